The largest absolute Gasteiger partial charge is 0.456 e. The molecule has 264 valence electrons. The maximum Gasteiger partial charge on any atom is 0.164 e. The number of aromatic nitrogens is 3. The molecule has 0 atom stereocenters. The zero-order valence-electron chi connectivity index (χ0n) is 30.6. The third kappa shape index (κ3) is 5.04. The van der Waals surface area contributed by atoms with E-state index in [4.69, 9.17) is 19.4 Å². The highest BCUT2D eigenvalue weighted by atomic mass is 16.3. The van der Waals surface area contributed by atoms with Crippen LogP contribution in [-0.4, -0.2) is 15.0 Å². The summed E-state index contributed by atoms with van der Waals surface area (Å²) in [6, 6.07) is 66.3. The molecule has 0 bridgehead atoms. The molecule has 0 aliphatic rings. The molecule has 57 heavy (non-hydrogen) atoms. The van der Waals surface area contributed by atoms with Crippen LogP contribution in [-0.2, 0) is 0 Å². The standard InChI is InChI=1S/C53H31N3O/c1-2-13-34(14-3-1)51-54-52(36-23-25-40-35(29-36)22-27-43-39-17-7-5-12-33(39)21-26-44(40)43)56-53(55-51)37-24-28-48-47(30-37)50-45-19-9-8-18-42(45)46(31-49(50)57-48)41-20-10-15-32-11-4-6-16-38(32)41/h1-31H. The lowest BCUT2D eigenvalue weighted by Crippen LogP contribution is -2.00. The average Bonchev–Trinajstić information content (AvgIpc) is 3.66. The van der Waals surface area contributed by atoms with Crippen LogP contribution < -0.4 is 0 Å². The Morgan fingerprint density at radius 1 is 0.281 bits per heavy atom. The highest BCUT2D eigenvalue weighted by molar-refractivity contribution is 6.23. The molecule has 12 aromatic rings. The number of rotatable bonds is 4. The van der Waals surface area contributed by atoms with Crippen LogP contribution in [0.15, 0.2) is 192 Å². The van der Waals surface area contributed by atoms with Gasteiger partial charge < -0.3 is 4.42 Å². The molecule has 0 aliphatic heterocycles. The predicted octanol–water partition coefficient (Wildman–Crippen LogP) is 14.2. The summed E-state index contributed by atoms with van der Waals surface area (Å²) in [4.78, 5) is 15.3. The Bertz CT molecular complexity index is 3580. The highest BCUT2D eigenvalue weighted by Gasteiger charge is 2.19. The summed E-state index contributed by atoms with van der Waals surface area (Å²) >= 11 is 0. The van der Waals surface area contributed by atoms with Crippen LogP contribution in [0.4, 0.5) is 0 Å². The fourth-order valence-electron chi connectivity index (χ4n) is 8.78. The Morgan fingerprint density at radius 2 is 0.842 bits per heavy atom. The van der Waals surface area contributed by atoms with E-state index in [0.717, 1.165) is 55.0 Å². The van der Waals surface area contributed by atoms with Gasteiger partial charge in [-0.1, -0.05) is 158 Å². The van der Waals surface area contributed by atoms with Gasteiger partial charge in [-0.15, -0.1) is 0 Å². The summed E-state index contributed by atoms with van der Waals surface area (Å²) < 4.78 is 6.65. The van der Waals surface area contributed by atoms with Gasteiger partial charge in [-0.2, -0.15) is 0 Å². The van der Waals surface area contributed by atoms with E-state index in [1.807, 2.05) is 36.4 Å². The topological polar surface area (TPSA) is 51.8 Å². The van der Waals surface area contributed by atoms with Crippen molar-refractivity contribution in [2.45, 2.75) is 0 Å². The van der Waals surface area contributed by atoms with Crippen LogP contribution in [0.5, 0.6) is 0 Å². The van der Waals surface area contributed by atoms with E-state index in [1.165, 1.54) is 48.7 Å². The Kier molecular flexibility index (Phi) is 6.89. The second-order valence-corrected chi connectivity index (χ2v) is 14.7. The fraction of sp³-hybridized carbons (Fsp3) is 0. The van der Waals surface area contributed by atoms with Gasteiger partial charge in [0.05, 0.1) is 0 Å². The van der Waals surface area contributed by atoms with Gasteiger partial charge in [-0.05, 0) is 95.3 Å². The third-order valence-corrected chi connectivity index (χ3v) is 11.5. The number of hydrogen-bond donors (Lipinski definition) is 0. The van der Waals surface area contributed by atoms with Gasteiger partial charge in [0.1, 0.15) is 11.2 Å². The molecule has 2 heterocycles. The zero-order chi connectivity index (χ0) is 37.5. The molecule has 0 aliphatic carbocycles. The van der Waals surface area contributed by atoms with Crippen molar-refractivity contribution in [2.24, 2.45) is 0 Å². The number of fused-ring (bicyclic) bond motifs is 11. The van der Waals surface area contributed by atoms with Crippen molar-refractivity contribution in [3.8, 4) is 45.3 Å². The van der Waals surface area contributed by atoms with Crippen LogP contribution >= 0.6 is 0 Å². The third-order valence-electron chi connectivity index (χ3n) is 11.5. The van der Waals surface area contributed by atoms with E-state index in [0.29, 0.717) is 17.5 Å². The molecule has 0 amide bonds. The summed E-state index contributed by atoms with van der Waals surface area (Å²) in [5, 5.41) is 14.2. The number of furan rings is 1. The summed E-state index contributed by atoms with van der Waals surface area (Å²) in [5.74, 6) is 1.86. The van der Waals surface area contributed by atoms with Crippen molar-refractivity contribution in [2.75, 3.05) is 0 Å². The first-order valence-electron chi connectivity index (χ1n) is 19.3. The molecule has 0 saturated heterocycles. The van der Waals surface area contributed by atoms with Gasteiger partial charge in [-0.3, -0.25) is 0 Å². The quantitative estimate of drug-likeness (QED) is 0.170. The first-order valence-corrected chi connectivity index (χ1v) is 19.3. The first kappa shape index (κ1) is 31.6. The van der Waals surface area contributed by atoms with Crippen molar-refractivity contribution in [3.05, 3.63) is 188 Å². The van der Waals surface area contributed by atoms with Crippen LogP contribution in [0.2, 0.25) is 0 Å². The van der Waals surface area contributed by atoms with Gasteiger partial charge >= 0.3 is 0 Å². The molecule has 0 radical (unpaired) electrons. The van der Waals surface area contributed by atoms with Gasteiger partial charge in [0.2, 0.25) is 0 Å². The van der Waals surface area contributed by atoms with Gasteiger partial charge in [0.25, 0.3) is 0 Å². The Hall–Kier alpha value is -7.69. The molecular weight excluding hydrogens is 695 g/mol. The molecule has 0 fully saturated rings. The van der Waals surface area contributed by atoms with Crippen molar-refractivity contribution < 1.29 is 4.42 Å². The molecule has 4 heteroatoms. The minimum absolute atomic E-state index is 0.608. The lowest BCUT2D eigenvalue weighted by Gasteiger charge is -2.11. The second kappa shape index (κ2) is 12.4. The lowest BCUT2D eigenvalue weighted by molar-refractivity contribution is 0.669. The van der Waals surface area contributed by atoms with Gasteiger partial charge in [0, 0.05) is 27.5 Å². The number of benzene rings is 10. The Morgan fingerprint density at radius 3 is 1.63 bits per heavy atom. The molecule has 4 nitrogen and oxygen atoms in total. The van der Waals surface area contributed by atoms with E-state index in [9.17, 15) is 0 Å². The smallest absolute Gasteiger partial charge is 0.164 e. The zero-order valence-corrected chi connectivity index (χ0v) is 30.6. The van der Waals surface area contributed by atoms with Crippen LogP contribution in [0.1, 0.15) is 0 Å². The minimum Gasteiger partial charge on any atom is -0.456 e. The van der Waals surface area contributed by atoms with E-state index < -0.39 is 0 Å². The van der Waals surface area contributed by atoms with Crippen LogP contribution in [0.25, 0.3) is 121 Å². The Labute approximate surface area is 327 Å². The summed E-state index contributed by atoms with van der Waals surface area (Å²) in [7, 11) is 0. The number of hydrogen-bond acceptors (Lipinski definition) is 4. The monoisotopic (exact) mass is 725 g/mol. The number of nitrogens with zero attached hydrogens (tertiary/aromatic N) is 3. The molecule has 10 aromatic carbocycles. The van der Waals surface area contributed by atoms with Crippen LogP contribution in [0, 0.1) is 0 Å². The predicted molar refractivity (Wildman–Crippen MR) is 236 cm³/mol. The normalized spacial score (nSPS) is 11.9. The summed E-state index contributed by atoms with van der Waals surface area (Å²) in [6.45, 7) is 0. The summed E-state index contributed by atoms with van der Waals surface area (Å²) in [5.41, 5.74) is 6.78. The molecule has 0 unspecified atom stereocenters. The van der Waals surface area contributed by atoms with Crippen molar-refractivity contribution in [3.63, 3.8) is 0 Å². The molecule has 0 spiro atoms. The molecule has 12 rings (SSSR count). The summed E-state index contributed by atoms with van der Waals surface area (Å²) in [6.07, 6.45) is 0. The maximum absolute atomic E-state index is 6.65. The fourth-order valence-corrected chi connectivity index (χ4v) is 8.78. The first-order chi connectivity index (χ1) is 28.2. The average molecular weight is 726 g/mol. The molecular formula is C53H31N3O. The highest BCUT2D eigenvalue weighted by Crippen LogP contribution is 2.43. The molecule has 0 N–H and O–H groups in total. The van der Waals surface area contributed by atoms with E-state index in [2.05, 4.69) is 152 Å². The SMILES string of the molecule is c1ccc(-c2nc(-c3ccc4c(ccc5c6ccccc6ccc45)c3)nc(-c3ccc4oc5cc(-c6cccc7ccccc67)c6ccccc6c5c4c3)n2)cc1. The van der Waals surface area contributed by atoms with Crippen molar-refractivity contribution in [1.82, 2.24) is 15.0 Å². The van der Waals surface area contributed by atoms with E-state index in [-0.39, 0.29) is 0 Å². The minimum atomic E-state index is 0.608. The van der Waals surface area contributed by atoms with Gasteiger partial charge in [0.15, 0.2) is 17.5 Å². The Balaban J connectivity index is 1.04. The van der Waals surface area contributed by atoms with Gasteiger partial charge in [-0.25, -0.2) is 15.0 Å². The van der Waals surface area contributed by atoms with Crippen molar-refractivity contribution in [1.29, 1.82) is 0 Å². The van der Waals surface area contributed by atoms with Crippen molar-refractivity contribution >= 4 is 75.8 Å². The van der Waals surface area contributed by atoms with E-state index >= 15 is 0 Å². The van der Waals surface area contributed by atoms with Crippen LogP contribution in [0.3, 0.4) is 0 Å². The maximum atomic E-state index is 6.65. The molecule has 2 aromatic heterocycles. The lowest BCUT2D eigenvalue weighted by atomic mass is 9.92. The van der Waals surface area contributed by atoms with E-state index in [1.54, 1.807) is 0 Å². The second-order valence-electron chi connectivity index (χ2n) is 14.7. The molecule has 0 saturated carbocycles.